The van der Waals surface area contributed by atoms with Gasteiger partial charge in [-0.3, -0.25) is 9.59 Å². The average Bonchev–Trinajstić information content (AvgIpc) is 3.17. The van der Waals surface area contributed by atoms with Crippen LogP contribution in [0.5, 0.6) is 5.75 Å². The van der Waals surface area contributed by atoms with Crippen LogP contribution in [0.4, 0.5) is 0 Å². The van der Waals surface area contributed by atoms with E-state index in [0.29, 0.717) is 35.2 Å². The first-order chi connectivity index (χ1) is 18.6. The number of halogens is 1. The summed E-state index contributed by atoms with van der Waals surface area (Å²) in [7, 11) is 0. The summed E-state index contributed by atoms with van der Waals surface area (Å²) in [5.74, 6) is 0.845. The summed E-state index contributed by atoms with van der Waals surface area (Å²) in [5, 5.41) is 4.69. The Kier molecular flexibility index (Phi) is 8.81. The van der Waals surface area contributed by atoms with Crippen LogP contribution in [0.3, 0.4) is 0 Å². The van der Waals surface area contributed by atoms with Gasteiger partial charge in [0.05, 0.1) is 11.1 Å². The van der Waals surface area contributed by atoms with Crippen LogP contribution in [-0.4, -0.2) is 22.9 Å². The zero-order valence-electron chi connectivity index (χ0n) is 23.5. The van der Waals surface area contributed by atoms with Gasteiger partial charge in [-0.05, 0) is 85.7 Å². The molecule has 0 saturated heterocycles. The number of hydrogen-bond acceptors (Lipinski definition) is 3. The molecule has 1 aromatic heterocycles. The minimum Gasteiger partial charge on any atom is -0.481 e. The molecule has 4 rings (SSSR count). The number of aromatic nitrogens is 1. The van der Waals surface area contributed by atoms with Crippen molar-refractivity contribution in [3.8, 4) is 5.75 Å². The summed E-state index contributed by atoms with van der Waals surface area (Å²) >= 11 is 6.35. The smallest absolute Gasteiger partial charge is 0.251 e. The van der Waals surface area contributed by atoms with Crippen LogP contribution in [0.2, 0.25) is 5.02 Å². The van der Waals surface area contributed by atoms with E-state index in [1.165, 1.54) is 5.56 Å². The number of ether oxygens (including phenoxy) is 1. The van der Waals surface area contributed by atoms with Crippen molar-refractivity contribution >= 4 is 34.7 Å². The summed E-state index contributed by atoms with van der Waals surface area (Å²) in [4.78, 5) is 24.5. The van der Waals surface area contributed by atoms with Crippen LogP contribution in [0.1, 0.15) is 84.4 Å². The second-order valence-electron chi connectivity index (χ2n) is 10.5. The highest BCUT2D eigenvalue weighted by Gasteiger charge is 2.17. The van der Waals surface area contributed by atoms with E-state index >= 15 is 0 Å². The molecule has 0 fully saturated rings. The number of aldehydes is 1. The molecule has 6 heteroatoms. The lowest BCUT2D eigenvalue weighted by Gasteiger charge is -2.17. The van der Waals surface area contributed by atoms with E-state index in [9.17, 15) is 9.59 Å². The zero-order valence-corrected chi connectivity index (χ0v) is 24.3. The summed E-state index contributed by atoms with van der Waals surface area (Å²) in [6.45, 7) is 13.0. The highest BCUT2D eigenvalue weighted by Crippen LogP contribution is 2.31. The minimum atomic E-state index is -0.527. The van der Waals surface area contributed by atoms with Crippen LogP contribution in [0.25, 0.3) is 10.9 Å². The largest absolute Gasteiger partial charge is 0.481 e. The minimum absolute atomic E-state index is 0.0932. The number of nitrogens with one attached hydrogen (secondary N) is 1. The second-order valence-corrected chi connectivity index (χ2v) is 10.9. The molecule has 3 aromatic carbocycles. The molecule has 1 amide bonds. The van der Waals surface area contributed by atoms with Crippen LogP contribution < -0.4 is 10.1 Å². The molecule has 0 bridgehead atoms. The molecule has 0 unspecified atom stereocenters. The number of nitrogens with zero attached hydrogens (tertiary/aromatic N) is 1. The van der Waals surface area contributed by atoms with E-state index in [1.807, 2.05) is 44.2 Å². The Morgan fingerprint density at radius 3 is 2.46 bits per heavy atom. The highest BCUT2D eigenvalue weighted by atomic mass is 35.5. The third-order valence-electron chi connectivity index (χ3n) is 7.49. The van der Waals surface area contributed by atoms with Gasteiger partial charge in [-0.2, -0.15) is 0 Å². The van der Waals surface area contributed by atoms with Crippen molar-refractivity contribution in [3.05, 3.63) is 99.2 Å². The normalized spacial score (nSPS) is 12.9. The molecule has 4 aromatic rings. The molecule has 39 heavy (non-hydrogen) atoms. The molecule has 0 aliphatic rings. The van der Waals surface area contributed by atoms with Crippen molar-refractivity contribution in [1.29, 1.82) is 0 Å². The van der Waals surface area contributed by atoms with E-state index < -0.39 is 6.10 Å². The number of fused-ring (bicyclic) bond motifs is 1. The van der Waals surface area contributed by atoms with Crippen molar-refractivity contribution in [2.75, 3.05) is 0 Å². The quantitative estimate of drug-likeness (QED) is 0.206. The molecule has 0 radical (unpaired) electrons. The number of hydrogen-bond donors (Lipinski definition) is 1. The Hall–Kier alpha value is -3.57. The van der Waals surface area contributed by atoms with E-state index in [0.717, 1.165) is 39.6 Å². The Bertz CT molecular complexity index is 1500. The van der Waals surface area contributed by atoms with Gasteiger partial charge in [-0.25, -0.2) is 0 Å². The molecule has 0 aliphatic heterocycles. The Labute approximate surface area is 236 Å². The molecule has 0 aliphatic carbocycles. The van der Waals surface area contributed by atoms with Crippen molar-refractivity contribution in [1.82, 2.24) is 9.88 Å². The van der Waals surface area contributed by atoms with Crippen molar-refractivity contribution in [3.63, 3.8) is 0 Å². The lowest BCUT2D eigenvalue weighted by atomic mass is 9.98. The standard InChI is InChI=1S/C33H37ClN2O3/c1-7-28(19-37)39-32-15-24(11-13-30(32)34)18-36-23(6)21(4)29-17-27(12-14-31(29)36)33(38)35-22(5)26-10-8-9-25(16-26)20(2)3/h8-17,19-20,22,28H,7,18H2,1-6H3,(H,35,38)/t22-,28+/m0/s1. The van der Waals surface area contributed by atoms with Crippen LogP contribution >= 0.6 is 11.6 Å². The van der Waals surface area contributed by atoms with Crippen molar-refractivity contribution < 1.29 is 14.3 Å². The van der Waals surface area contributed by atoms with Crippen molar-refractivity contribution in [2.24, 2.45) is 0 Å². The maximum Gasteiger partial charge on any atom is 0.251 e. The topological polar surface area (TPSA) is 60.3 Å². The first kappa shape index (κ1) is 28.4. The highest BCUT2D eigenvalue weighted by molar-refractivity contribution is 6.32. The van der Waals surface area contributed by atoms with Gasteiger partial charge in [0, 0.05) is 28.7 Å². The molecule has 204 valence electrons. The van der Waals surface area contributed by atoms with E-state index in [1.54, 1.807) is 6.07 Å². The summed E-state index contributed by atoms with van der Waals surface area (Å²) in [6, 6.07) is 19.8. The number of amides is 1. The van der Waals surface area contributed by atoms with Gasteiger partial charge in [0.25, 0.3) is 5.91 Å². The molecular formula is C33H37ClN2O3. The monoisotopic (exact) mass is 544 g/mol. The number of benzene rings is 3. The molecule has 0 saturated carbocycles. The zero-order chi connectivity index (χ0) is 28.3. The fourth-order valence-electron chi connectivity index (χ4n) is 4.83. The fourth-order valence-corrected chi connectivity index (χ4v) is 5.00. The van der Waals surface area contributed by atoms with Gasteiger partial charge in [0.1, 0.15) is 5.75 Å². The maximum atomic E-state index is 13.2. The third kappa shape index (κ3) is 6.20. The second kappa shape index (κ2) is 12.1. The van der Waals surface area contributed by atoms with Gasteiger partial charge in [0.15, 0.2) is 12.4 Å². The molecule has 1 N–H and O–H groups in total. The number of carbonyl (C=O) groups excluding carboxylic acids is 2. The summed E-state index contributed by atoms with van der Waals surface area (Å²) in [6.07, 6.45) is 0.845. The van der Waals surface area contributed by atoms with E-state index in [2.05, 4.69) is 61.8 Å². The van der Waals surface area contributed by atoms with Gasteiger partial charge in [0.2, 0.25) is 0 Å². The molecule has 5 nitrogen and oxygen atoms in total. The Balaban J connectivity index is 1.58. The van der Waals surface area contributed by atoms with Gasteiger partial charge in [-0.1, -0.05) is 62.7 Å². The molecule has 1 heterocycles. The first-order valence-electron chi connectivity index (χ1n) is 13.5. The Morgan fingerprint density at radius 1 is 1.03 bits per heavy atom. The number of aryl methyl sites for hydroxylation is 1. The van der Waals surface area contributed by atoms with Gasteiger partial charge >= 0.3 is 0 Å². The van der Waals surface area contributed by atoms with Gasteiger partial charge in [-0.15, -0.1) is 0 Å². The summed E-state index contributed by atoms with van der Waals surface area (Å²) in [5.41, 5.74) is 7.31. The van der Waals surface area contributed by atoms with Crippen molar-refractivity contribution in [2.45, 2.75) is 72.6 Å². The Morgan fingerprint density at radius 2 is 1.77 bits per heavy atom. The van der Waals surface area contributed by atoms with E-state index in [-0.39, 0.29) is 11.9 Å². The fraction of sp³-hybridized carbons (Fsp3) is 0.333. The molecular weight excluding hydrogens is 508 g/mol. The predicted octanol–water partition coefficient (Wildman–Crippen LogP) is 7.93. The average molecular weight is 545 g/mol. The summed E-state index contributed by atoms with van der Waals surface area (Å²) < 4.78 is 8.05. The number of carbonyl (C=O) groups is 2. The third-order valence-corrected chi connectivity index (χ3v) is 7.81. The van der Waals surface area contributed by atoms with Crippen LogP contribution in [0, 0.1) is 13.8 Å². The molecule has 0 spiro atoms. The van der Waals surface area contributed by atoms with Crippen LogP contribution in [-0.2, 0) is 11.3 Å². The lowest BCUT2D eigenvalue weighted by Crippen LogP contribution is -2.26. The van der Waals surface area contributed by atoms with Crippen LogP contribution in [0.15, 0.2) is 60.7 Å². The molecule has 2 atom stereocenters. The van der Waals surface area contributed by atoms with Gasteiger partial charge < -0.3 is 14.6 Å². The lowest BCUT2D eigenvalue weighted by molar-refractivity contribution is -0.113. The number of rotatable bonds is 10. The predicted molar refractivity (Wildman–Crippen MR) is 159 cm³/mol. The first-order valence-corrected chi connectivity index (χ1v) is 13.9. The SMILES string of the molecule is CC[C@H](C=O)Oc1cc(Cn2c(C)c(C)c3cc(C(=O)N[C@@H](C)c4cccc(C(C)C)c4)ccc32)ccc1Cl. The van der Waals surface area contributed by atoms with E-state index in [4.69, 9.17) is 16.3 Å². The maximum absolute atomic E-state index is 13.2.